The van der Waals surface area contributed by atoms with Gasteiger partial charge in [-0.3, -0.25) is 4.79 Å². The first-order valence-corrected chi connectivity index (χ1v) is 6.25. The Morgan fingerprint density at radius 3 is 2.81 bits per heavy atom. The molecule has 0 aliphatic carbocycles. The van der Waals surface area contributed by atoms with Crippen LogP contribution >= 0.6 is 0 Å². The molecular formula is C12H23N3O. The molecule has 2 aliphatic rings. The normalized spacial score (nSPS) is 34.0. The number of amides is 1. The van der Waals surface area contributed by atoms with Crippen molar-refractivity contribution in [2.45, 2.75) is 32.7 Å². The molecule has 0 aromatic heterocycles. The van der Waals surface area contributed by atoms with E-state index in [2.05, 4.69) is 10.2 Å². The fourth-order valence-corrected chi connectivity index (χ4v) is 2.69. The number of nitrogens with zero attached hydrogens (tertiary/aromatic N) is 1. The lowest BCUT2D eigenvalue weighted by molar-refractivity contribution is -0.125. The SMILES string of the molecule is CC(C)(CNC1CCN2CCC1C2)C(N)=O. The van der Waals surface area contributed by atoms with Gasteiger partial charge in [-0.25, -0.2) is 0 Å². The summed E-state index contributed by atoms with van der Waals surface area (Å²) in [4.78, 5) is 13.8. The Hall–Kier alpha value is -0.610. The lowest BCUT2D eigenvalue weighted by atomic mass is 9.89. The number of nitrogens with two attached hydrogens (primary N) is 1. The predicted molar refractivity (Wildman–Crippen MR) is 63.9 cm³/mol. The van der Waals surface area contributed by atoms with Gasteiger partial charge in [-0.2, -0.15) is 0 Å². The van der Waals surface area contributed by atoms with Gasteiger partial charge in [-0.1, -0.05) is 0 Å². The van der Waals surface area contributed by atoms with Gasteiger partial charge in [-0.15, -0.1) is 0 Å². The summed E-state index contributed by atoms with van der Waals surface area (Å²) >= 11 is 0. The standard InChI is InChI=1S/C12H23N3O/c1-12(2,11(13)16)8-14-10-4-6-15-5-3-9(10)7-15/h9-10,14H,3-8H2,1-2H3,(H2,13,16). The van der Waals surface area contributed by atoms with Crippen LogP contribution in [0.4, 0.5) is 0 Å². The summed E-state index contributed by atoms with van der Waals surface area (Å²) in [5.41, 5.74) is 4.94. The summed E-state index contributed by atoms with van der Waals surface area (Å²) in [6.07, 6.45) is 2.51. The van der Waals surface area contributed by atoms with Crippen molar-refractivity contribution in [1.82, 2.24) is 10.2 Å². The Morgan fingerprint density at radius 1 is 1.44 bits per heavy atom. The second-order valence-corrected chi connectivity index (χ2v) is 5.87. The largest absolute Gasteiger partial charge is 0.369 e. The summed E-state index contributed by atoms with van der Waals surface area (Å²) in [5.74, 6) is 0.557. The first-order valence-electron chi connectivity index (χ1n) is 6.25. The Labute approximate surface area is 97.6 Å². The third-order valence-corrected chi connectivity index (χ3v) is 4.11. The second kappa shape index (κ2) is 4.34. The minimum Gasteiger partial charge on any atom is -0.369 e. The molecule has 92 valence electrons. The fourth-order valence-electron chi connectivity index (χ4n) is 2.69. The highest BCUT2D eigenvalue weighted by atomic mass is 16.1. The fraction of sp³-hybridized carbons (Fsp3) is 0.917. The van der Waals surface area contributed by atoms with E-state index in [0.29, 0.717) is 12.6 Å². The molecule has 2 bridgehead atoms. The van der Waals surface area contributed by atoms with Crippen LogP contribution in [-0.2, 0) is 4.79 Å². The van der Waals surface area contributed by atoms with Crippen LogP contribution in [0.5, 0.6) is 0 Å². The Morgan fingerprint density at radius 2 is 2.12 bits per heavy atom. The minimum atomic E-state index is -0.435. The van der Waals surface area contributed by atoms with Crippen LogP contribution in [-0.4, -0.2) is 43.0 Å². The Balaban J connectivity index is 1.84. The summed E-state index contributed by atoms with van der Waals surface area (Å²) in [6.45, 7) is 8.20. The molecule has 4 nitrogen and oxygen atoms in total. The summed E-state index contributed by atoms with van der Waals surface area (Å²) < 4.78 is 0. The number of hydrogen-bond donors (Lipinski definition) is 2. The van der Waals surface area contributed by atoms with Gasteiger partial charge in [0.05, 0.1) is 5.41 Å². The van der Waals surface area contributed by atoms with Crippen LogP contribution in [0.25, 0.3) is 0 Å². The summed E-state index contributed by atoms with van der Waals surface area (Å²) in [6, 6.07) is 0.581. The maximum atomic E-state index is 11.2. The molecule has 0 aromatic carbocycles. The quantitative estimate of drug-likeness (QED) is 0.717. The van der Waals surface area contributed by atoms with Gasteiger partial charge in [-0.05, 0) is 45.7 Å². The van der Waals surface area contributed by atoms with Crippen molar-refractivity contribution >= 4 is 5.91 Å². The van der Waals surface area contributed by atoms with E-state index in [-0.39, 0.29) is 5.91 Å². The lowest BCUT2D eigenvalue weighted by Crippen LogP contribution is -2.49. The number of carbonyl (C=O) groups excluding carboxylic acids is 1. The zero-order chi connectivity index (χ0) is 11.8. The average Bonchev–Trinajstić information content (AvgIpc) is 2.60. The molecule has 2 fully saturated rings. The molecule has 0 aromatic rings. The number of hydrogen-bond acceptors (Lipinski definition) is 3. The van der Waals surface area contributed by atoms with Crippen LogP contribution < -0.4 is 11.1 Å². The van der Waals surface area contributed by atoms with Gasteiger partial charge in [0.15, 0.2) is 0 Å². The van der Waals surface area contributed by atoms with E-state index in [1.807, 2.05) is 13.8 Å². The monoisotopic (exact) mass is 225 g/mol. The van der Waals surface area contributed by atoms with Gasteiger partial charge >= 0.3 is 0 Å². The average molecular weight is 225 g/mol. The van der Waals surface area contributed by atoms with Gasteiger partial charge in [0.25, 0.3) is 0 Å². The van der Waals surface area contributed by atoms with Gasteiger partial charge < -0.3 is 16.0 Å². The zero-order valence-corrected chi connectivity index (χ0v) is 10.3. The van der Waals surface area contributed by atoms with Crippen LogP contribution in [0.3, 0.4) is 0 Å². The number of nitrogens with one attached hydrogen (secondary N) is 1. The van der Waals surface area contributed by atoms with Crippen molar-refractivity contribution in [2.75, 3.05) is 26.2 Å². The third kappa shape index (κ3) is 2.38. The van der Waals surface area contributed by atoms with Gasteiger partial charge in [0, 0.05) is 19.1 Å². The summed E-state index contributed by atoms with van der Waals surface area (Å²) in [5, 5.41) is 3.54. The molecule has 0 radical (unpaired) electrons. The Kier molecular flexibility index (Phi) is 3.22. The zero-order valence-electron chi connectivity index (χ0n) is 10.3. The topological polar surface area (TPSA) is 58.4 Å². The molecule has 2 heterocycles. The lowest BCUT2D eigenvalue weighted by Gasteiger charge is -2.33. The Bertz CT molecular complexity index is 277. The van der Waals surface area contributed by atoms with Crippen molar-refractivity contribution in [1.29, 1.82) is 0 Å². The van der Waals surface area contributed by atoms with E-state index in [9.17, 15) is 4.79 Å². The number of primary amides is 1. The highest BCUT2D eigenvalue weighted by molar-refractivity contribution is 5.80. The van der Waals surface area contributed by atoms with E-state index in [0.717, 1.165) is 5.92 Å². The second-order valence-electron chi connectivity index (χ2n) is 5.87. The predicted octanol–water partition coefficient (Wildman–Crippen LogP) is 0.182. The van der Waals surface area contributed by atoms with Crippen LogP contribution in [0.2, 0.25) is 0 Å². The van der Waals surface area contributed by atoms with Gasteiger partial charge in [0.1, 0.15) is 0 Å². The van der Waals surface area contributed by atoms with E-state index in [1.54, 1.807) is 0 Å². The van der Waals surface area contributed by atoms with E-state index in [1.165, 1.54) is 32.5 Å². The van der Waals surface area contributed by atoms with Crippen LogP contribution in [0.1, 0.15) is 26.7 Å². The first kappa shape index (κ1) is 11.9. The molecule has 2 aliphatic heterocycles. The number of rotatable bonds is 4. The molecule has 4 heteroatoms. The smallest absolute Gasteiger partial charge is 0.224 e. The van der Waals surface area contributed by atoms with Crippen molar-refractivity contribution in [3.05, 3.63) is 0 Å². The molecular weight excluding hydrogens is 202 g/mol. The van der Waals surface area contributed by atoms with E-state index < -0.39 is 5.41 Å². The van der Waals surface area contributed by atoms with Crippen molar-refractivity contribution in [3.8, 4) is 0 Å². The molecule has 3 unspecified atom stereocenters. The van der Waals surface area contributed by atoms with Crippen LogP contribution in [0.15, 0.2) is 0 Å². The molecule has 3 atom stereocenters. The molecule has 2 saturated heterocycles. The van der Waals surface area contributed by atoms with E-state index in [4.69, 9.17) is 5.73 Å². The third-order valence-electron chi connectivity index (χ3n) is 4.11. The number of carbonyl (C=O) groups is 1. The number of fused-ring (bicyclic) bond motifs is 2. The van der Waals surface area contributed by atoms with Crippen LogP contribution in [0, 0.1) is 11.3 Å². The number of piperidine rings is 1. The maximum absolute atomic E-state index is 11.2. The molecule has 0 spiro atoms. The van der Waals surface area contributed by atoms with Crippen molar-refractivity contribution in [3.63, 3.8) is 0 Å². The first-order chi connectivity index (χ1) is 7.49. The molecule has 0 saturated carbocycles. The molecule has 2 rings (SSSR count). The van der Waals surface area contributed by atoms with E-state index >= 15 is 0 Å². The molecule has 1 amide bonds. The van der Waals surface area contributed by atoms with Gasteiger partial charge in [0.2, 0.25) is 5.91 Å². The van der Waals surface area contributed by atoms with Crippen molar-refractivity contribution < 1.29 is 4.79 Å². The summed E-state index contributed by atoms with van der Waals surface area (Å²) in [7, 11) is 0. The highest BCUT2D eigenvalue weighted by Crippen LogP contribution is 2.27. The minimum absolute atomic E-state index is 0.219. The van der Waals surface area contributed by atoms with Crippen molar-refractivity contribution in [2.24, 2.45) is 17.1 Å². The molecule has 16 heavy (non-hydrogen) atoms. The molecule has 3 N–H and O–H groups in total. The maximum Gasteiger partial charge on any atom is 0.224 e. The highest BCUT2D eigenvalue weighted by Gasteiger charge is 2.35.